The molecule has 31 heavy (non-hydrogen) atoms. The maximum atomic E-state index is 12.7. The number of amides is 1. The monoisotopic (exact) mass is 465 g/mol. The van der Waals surface area contributed by atoms with E-state index in [0.29, 0.717) is 17.3 Å². The Bertz CT molecular complexity index is 992. The summed E-state index contributed by atoms with van der Waals surface area (Å²) >= 11 is 6.01. The minimum atomic E-state index is -3.68. The van der Waals surface area contributed by atoms with Gasteiger partial charge in [-0.2, -0.15) is 0 Å². The van der Waals surface area contributed by atoms with E-state index in [1.807, 2.05) is 12.1 Å². The Morgan fingerprint density at radius 2 is 1.81 bits per heavy atom. The van der Waals surface area contributed by atoms with Crippen LogP contribution >= 0.6 is 11.6 Å². The van der Waals surface area contributed by atoms with Gasteiger partial charge in [-0.05, 0) is 36.2 Å². The molecule has 1 N–H and O–H groups in total. The van der Waals surface area contributed by atoms with Gasteiger partial charge in [-0.25, -0.2) is 8.42 Å². The predicted molar refractivity (Wildman–Crippen MR) is 123 cm³/mol. The van der Waals surface area contributed by atoms with Crippen molar-refractivity contribution in [2.24, 2.45) is 0 Å². The van der Waals surface area contributed by atoms with Gasteiger partial charge in [-0.15, -0.1) is 0 Å². The van der Waals surface area contributed by atoms with E-state index in [-0.39, 0.29) is 5.91 Å². The van der Waals surface area contributed by atoms with Crippen molar-refractivity contribution in [2.45, 2.75) is 26.1 Å². The third-order valence-electron chi connectivity index (χ3n) is 5.15. The van der Waals surface area contributed by atoms with E-state index in [2.05, 4.69) is 22.3 Å². The molecule has 1 fully saturated rings. The number of carbonyl (C=O) groups excluding carboxylic acids is 1. The van der Waals surface area contributed by atoms with Crippen molar-refractivity contribution in [3.63, 3.8) is 0 Å². The second-order valence-corrected chi connectivity index (χ2v) is 9.93. The summed E-state index contributed by atoms with van der Waals surface area (Å²) in [7, 11) is -3.68. The topological polar surface area (TPSA) is 79.0 Å². The normalized spacial score (nSPS) is 16.0. The molecule has 0 aromatic heterocycles. The van der Waals surface area contributed by atoms with Gasteiger partial charge in [0.25, 0.3) is 0 Å². The van der Waals surface area contributed by atoms with Gasteiger partial charge in [-0.1, -0.05) is 41.9 Å². The first-order valence-electron chi connectivity index (χ1n) is 10.1. The zero-order valence-corrected chi connectivity index (χ0v) is 19.3. The standard InChI is InChI=1S/C22H28ClN3O4S/c1-17(26(31(2,28)29)21-5-3-4-20(23)14-21)22(27)24-15-18-6-8-19(9-7-18)16-25-10-12-30-13-11-25/h3-9,14,17H,10-13,15-16H2,1-2H3,(H,24,27). The molecule has 0 saturated carbocycles. The smallest absolute Gasteiger partial charge is 0.243 e. The lowest BCUT2D eigenvalue weighted by Crippen LogP contribution is -2.47. The van der Waals surface area contributed by atoms with Crippen LogP contribution in [-0.2, 0) is 32.6 Å². The van der Waals surface area contributed by atoms with Crippen LogP contribution in [0, 0.1) is 0 Å². The summed E-state index contributed by atoms with van der Waals surface area (Å²) in [5, 5.41) is 3.23. The molecule has 7 nitrogen and oxygen atoms in total. The van der Waals surface area contributed by atoms with Crippen LogP contribution in [0.4, 0.5) is 5.69 Å². The van der Waals surface area contributed by atoms with E-state index in [1.165, 1.54) is 11.6 Å². The fraction of sp³-hybridized carbons (Fsp3) is 0.409. The number of morpholine rings is 1. The third-order valence-corrected chi connectivity index (χ3v) is 6.63. The van der Waals surface area contributed by atoms with Crippen LogP contribution in [0.3, 0.4) is 0 Å². The number of nitrogens with one attached hydrogen (secondary N) is 1. The van der Waals surface area contributed by atoms with Crippen LogP contribution in [-0.4, -0.2) is 57.8 Å². The third kappa shape index (κ3) is 6.67. The minimum absolute atomic E-state index is 0.314. The fourth-order valence-electron chi connectivity index (χ4n) is 3.54. The molecule has 2 aromatic carbocycles. The molecule has 2 aromatic rings. The molecule has 0 radical (unpaired) electrons. The number of sulfonamides is 1. The molecule has 1 aliphatic rings. The summed E-state index contributed by atoms with van der Waals surface area (Å²) in [5.41, 5.74) is 2.50. The van der Waals surface area contributed by atoms with E-state index in [0.717, 1.165) is 49.0 Å². The van der Waals surface area contributed by atoms with Crippen LogP contribution in [0.5, 0.6) is 0 Å². The Morgan fingerprint density at radius 1 is 1.16 bits per heavy atom. The largest absolute Gasteiger partial charge is 0.379 e. The van der Waals surface area contributed by atoms with Gasteiger partial charge in [0.05, 0.1) is 25.2 Å². The summed E-state index contributed by atoms with van der Waals surface area (Å²) in [6.07, 6.45) is 1.07. The van der Waals surface area contributed by atoms with Crippen LogP contribution in [0.25, 0.3) is 0 Å². The summed E-state index contributed by atoms with van der Waals surface area (Å²) in [6, 6.07) is 13.6. The number of rotatable bonds is 8. The number of carbonyl (C=O) groups is 1. The molecule has 0 aliphatic carbocycles. The molecule has 3 rings (SSSR count). The van der Waals surface area contributed by atoms with Crippen LogP contribution in [0.15, 0.2) is 48.5 Å². The second kappa shape index (κ2) is 10.5. The molecule has 0 spiro atoms. The number of anilines is 1. The second-order valence-electron chi connectivity index (χ2n) is 7.64. The highest BCUT2D eigenvalue weighted by atomic mass is 35.5. The number of ether oxygens (including phenoxy) is 1. The molecule has 168 valence electrons. The Balaban J connectivity index is 1.60. The minimum Gasteiger partial charge on any atom is -0.379 e. The van der Waals surface area contributed by atoms with Crippen molar-refractivity contribution < 1.29 is 17.9 Å². The van der Waals surface area contributed by atoms with Gasteiger partial charge < -0.3 is 10.1 Å². The number of nitrogens with zero attached hydrogens (tertiary/aromatic N) is 2. The first-order chi connectivity index (χ1) is 14.7. The van der Waals surface area contributed by atoms with Gasteiger partial charge >= 0.3 is 0 Å². The highest BCUT2D eigenvalue weighted by molar-refractivity contribution is 7.92. The van der Waals surface area contributed by atoms with Gasteiger partial charge in [0.2, 0.25) is 15.9 Å². The van der Waals surface area contributed by atoms with Crippen molar-refractivity contribution >= 4 is 33.2 Å². The molecule has 1 saturated heterocycles. The summed E-state index contributed by atoms with van der Waals surface area (Å²) in [6.45, 7) is 6.13. The van der Waals surface area contributed by atoms with Crippen LogP contribution in [0.1, 0.15) is 18.1 Å². The summed E-state index contributed by atoms with van der Waals surface area (Å²) in [4.78, 5) is 15.1. The maximum absolute atomic E-state index is 12.7. The zero-order chi connectivity index (χ0) is 22.4. The lowest BCUT2D eigenvalue weighted by atomic mass is 10.1. The zero-order valence-electron chi connectivity index (χ0n) is 17.8. The quantitative estimate of drug-likeness (QED) is 0.648. The fourth-order valence-corrected chi connectivity index (χ4v) is 4.89. The van der Waals surface area contributed by atoms with Crippen LogP contribution < -0.4 is 9.62 Å². The highest BCUT2D eigenvalue weighted by Crippen LogP contribution is 2.24. The van der Waals surface area contributed by atoms with E-state index >= 15 is 0 Å². The number of hydrogen-bond acceptors (Lipinski definition) is 5. The SMILES string of the molecule is CC(C(=O)NCc1ccc(CN2CCOCC2)cc1)N(c1cccc(Cl)c1)S(C)(=O)=O. The molecule has 9 heteroatoms. The molecule has 0 bridgehead atoms. The van der Waals surface area contributed by atoms with E-state index < -0.39 is 16.1 Å². The number of halogens is 1. The van der Waals surface area contributed by atoms with Crippen molar-refractivity contribution in [2.75, 3.05) is 36.9 Å². The Kier molecular flexibility index (Phi) is 7.94. The van der Waals surface area contributed by atoms with Gasteiger partial charge in [0.15, 0.2) is 0 Å². The van der Waals surface area contributed by atoms with Crippen molar-refractivity contribution in [3.05, 3.63) is 64.7 Å². The summed E-state index contributed by atoms with van der Waals surface area (Å²) in [5.74, 6) is -0.386. The van der Waals surface area contributed by atoms with Gasteiger partial charge in [-0.3, -0.25) is 14.0 Å². The average molecular weight is 466 g/mol. The lowest BCUT2D eigenvalue weighted by Gasteiger charge is -2.28. The highest BCUT2D eigenvalue weighted by Gasteiger charge is 2.29. The molecule has 1 atom stereocenters. The van der Waals surface area contributed by atoms with Crippen molar-refractivity contribution in [3.8, 4) is 0 Å². The molecule has 1 aliphatic heterocycles. The Morgan fingerprint density at radius 3 is 2.42 bits per heavy atom. The average Bonchev–Trinajstić information content (AvgIpc) is 2.73. The Hall–Kier alpha value is -2.13. The molecular formula is C22H28ClN3O4S. The van der Waals surface area contributed by atoms with Crippen molar-refractivity contribution in [1.82, 2.24) is 10.2 Å². The molecule has 1 unspecified atom stereocenters. The maximum Gasteiger partial charge on any atom is 0.243 e. The van der Waals surface area contributed by atoms with Gasteiger partial charge in [0.1, 0.15) is 6.04 Å². The first-order valence-corrected chi connectivity index (χ1v) is 12.4. The Labute approximate surface area is 189 Å². The summed E-state index contributed by atoms with van der Waals surface area (Å²) < 4.78 is 31.2. The predicted octanol–water partition coefficient (Wildman–Crippen LogP) is 2.64. The first kappa shape index (κ1) is 23.5. The molecule has 1 amide bonds. The number of hydrogen-bond donors (Lipinski definition) is 1. The van der Waals surface area contributed by atoms with E-state index in [9.17, 15) is 13.2 Å². The molecular weight excluding hydrogens is 438 g/mol. The number of benzene rings is 2. The lowest BCUT2D eigenvalue weighted by molar-refractivity contribution is -0.122. The van der Waals surface area contributed by atoms with Gasteiger partial charge in [0, 0.05) is 31.2 Å². The van der Waals surface area contributed by atoms with Crippen molar-refractivity contribution in [1.29, 1.82) is 0 Å². The van der Waals surface area contributed by atoms with E-state index in [1.54, 1.807) is 25.1 Å². The van der Waals surface area contributed by atoms with Crippen LogP contribution in [0.2, 0.25) is 5.02 Å². The van der Waals surface area contributed by atoms with E-state index in [4.69, 9.17) is 16.3 Å². The molecule has 1 heterocycles.